The van der Waals surface area contributed by atoms with E-state index in [2.05, 4.69) is 32.7 Å². The lowest BCUT2D eigenvalue weighted by atomic mass is 9.92. The minimum atomic E-state index is -1.22. The van der Waals surface area contributed by atoms with Gasteiger partial charge < -0.3 is 39.4 Å². The Hall–Kier alpha value is -7.28. The van der Waals surface area contributed by atoms with Crippen LogP contribution in [0.2, 0.25) is 10.0 Å². The van der Waals surface area contributed by atoms with Crippen LogP contribution in [0.25, 0.3) is 11.1 Å². The molecule has 0 aliphatic heterocycles. The average molecular weight is 962 g/mol. The summed E-state index contributed by atoms with van der Waals surface area (Å²) in [4.78, 5) is 31.3. The zero-order valence-corrected chi connectivity index (χ0v) is 38.3. The molecule has 0 unspecified atom stereocenters. The van der Waals surface area contributed by atoms with Crippen LogP contribution >= 0.6 is 23.2 Å². The maximum Gasteiger partial charge on any atom is 0.323 e. The minimum absolute atomic E-state index is 0.00156. The summed E-state index contributed by atoms with van der Waals surface area (Å²) < 4.78 is 24.9. The summed E-state index contributed by atoms with van der Waals surface area (Å²) in [6, 6.07) is 23.2. The van der Waals surface area contributed by atoms with Gasteiger partial charge in [0.1, 0.15) is 73.6 Å². The number of benzene rings is 4. The molecular weight excluding hydrogens is 915 g/mol. The largest absolute Gasteiger partial charge is 0.488 e. The van der Waals surface area contributed by atoms with E-state index in [-0.39, 0.29) is 49.6 Å². The van der Waals surface area contributed by atoms with Crippen molar-refractivity contribution in [1.82, 2.24) is 20.6 Å². The lowest BCUT2D eigenvalue weighted by Gasteiger charge is -2.19. The van der Waals surface area contributed by atoms with Gasteiger partial charge in [0.05, 0.1) is 34.4 Å². The number of nitrogens with one attached hydrogen (secondary N) is 2. The van der Waals surface area contributed by atoms with Gasteiger partial charge in [-0.15, -0.1) is 0 Å². The van der Waals surface area contributed by atoms with E-state index in [1.54, 1.807) is 48.8 Å². The van der Waals surface area contributed by atoms with Crippen molar-refractivity contribution in [2.24, 2.45) is 0 Å². The molecule has 0 aliphatic rings. The monoisotopic (exact) mass is 960 g/mol. The van der Waals surface area contributed by atoms with E-state index in [9.17, 15) is 40.5 Å². The molecule has 6 rings (SSSR count). The molecule has 0 radical (unpaired) electrons. The highest BCUT2D eigenvalue weighted by Crippen LogP contribution is 2.37. The second-order valence-electron chi connectivity index (χ2n) is 15.4. The first kappa shape index (κ1) is 50.1. The number of rotatable bonds is 23. The standard InChI is InChI=1S/C50H46Cl2N6O10/c1-29-35(27-67-47-13-45(65-25-33-9-31(15-53)17-55-19-33)37(11-41(47)51)21-57-43(23-59)49(61)62)5-3-7-39(29)40-8-4-6-36(30(40)2)28-68-48-14-46(66-26-34-10-32(16-54)18-56-20-34)38(12-42(48)52)22-58-44(24-60)50(63)64/h3-14,17-20,43-44,57-60H,21-28H2,1-2H3,(H,61,62)(H,63,64)/t43-,44+. The van der Waals surface area contributed by atoms with E-state index in [4.69, 9.17) is 42.1 Å². The van der Waals surface area contributed by atoms with Gasteiger partial charge in [0, 0.05) is 72.3 Å². The van der Waals surface area contributed by atoms with Gasteiger partial charge in [-0.1, -0.05) is 59.6 Å². The van der Waals surface area contributed by atoms with Gasteiger partial charge in [-0.25, -0.2) is 0 Å². The Morgan fingerprint density at radius 2 is 0.985 bits per heavy atom. The van der Waals surface area contributed by atoms with Gasteiger partial charge in [0.25, 0.3) is 0 Å². The normalized spacial score (nSPS) is 11.8. The number of aliphatic hydroxyl groups excluding tert-OH is 2. The molecule has 68 heavy (non-hydrogen) atoms. The minimum Gasteiger partial charge on any atom is -0.488 e. The number of nitrogens with zero attached hydrogens (tertiary/aromatic N) is 4. The number of carboxylic acid groups (broad SMARTS) is 2. The Morgan fingerprint density at radius 3 is 1.35 bits per heavy atom. The van der Waals surface area contributed by atoms with Crippen molar-refractivity contribution in [2.45, 2.75) is 65.4 Å². The van der Waals surface area contributed by atoms with E-state index >= 15 is 0 Å². The maximum atomic E-state index is 11.6. The molecule has 0 fully saturated rings. The number of carbonyl (C=O) groups is 2. The van der Waals surface area contributed by atoms with Gasteiger partial charge in [-0.2, -0.15) is 10.5 Å². The summed E-state index contributed by atoms with van der Waals surface area (Å²) in [5.74, 6) is -1.15. The molecule has 4 aromatic carbocycles. The molecule has 0 saturated heterocycles. The number of aromatic nitrogens is 2. The van der Waals surface area contributed by atoms with Crippen molar-refractivity contribution in [3.05, 3.63) is 163 Å². The van der Waals surface area contributed by atoms with Crippen LogP contribution in [-0.4, -0.2) is 67.6 Å². The lowest BCUT2D eigenvalue weighted by molar-refractivity contribution is -0.141. The highest BCUT2D eigenvalue weighted by atomic mass is 35.5. The third-order valence-electron chi connectivity index (χ3n) is 10.9. The van der Waals surface area contributed by atoms with Crippen molar-refractivity contribution in [3.8, 4) is 46.3 Å². The zero-order chi connectivity index (χ0) is 48.7. The SMILES string of the molecule is Cc1c(COc2cc(OCc3cncc(C#N)c3)c(CN[C@@H](CO)C(=O)O)cc2Cl)cccc1-c1cccc(COc2cc(OCc3cncc(C#N)c3)c(CN[C@H](CO)C(=O)O)cc2Cl)c1C. The molecule has 16 nitrogen and oxygen atoms in total. The fraction of sp³-hybridized carbons (Fsp3) is 0.240. The van der Waals surface area contributed by atoms with Crippen molar-refractivity contribution in [1.29, 1.82) is 10.5 Å². The summed E-state index contributed by atoms with van der Waals surface area (Å²) in [6.45, 7) is 3.07. The van der Waals surface area contributed by atoms with Crippen molar-refractivity contribution in [2.75, 3.05) is 13.2 Å². The zero-order valence-electron chi connectivity index (χ0n) is 36.8. The summed E-state index contributed by atoms with van der Waals surface area (Å²) in [6.07, 6.45) is 6.02. The Bertz CT molecular complexity index is 2680. The highest BCUT2D eigenvalue weighted by molar-refractivity contribution is 6.32. The molecule has 350 valence electrons. The number of aliphatic hydroxyl groups is 2. The molecule has 0 bridgehead atoms. The molecule has 6 N–H and O–H groups in total. The number of nitriles is 2. The number of halogens is 2. The third kappa shape index (κ3) is 13.0. The molecule has 6 aromatic rings. The summed E-state index contributed by atoms with van der Waals surface area (Å²) in [7, 11) is 0. The van der Waals surface area contributed by atoms with Crippen LogP contribution < -0.4 is 29.6 Å². The van der Waals surface area contributed by atoms with Gasteiger partial charge in [0.15, 0.2) is 0 Å². The Kier molecular flexibility index (Phi) is 17.7. The molecule has 0 saturated carbocycles. The third-order valence-corrected chi connectivity index (χ3v) is 11.4. The second-order valence-corrected chi connectivity index (χ2v) is 16.2. The number of hydrogen-bond acceptors (Lipinski definition) is 14. The first-order chi connectivity index (χ1) is 32.8. The van der Waals surface area contributed by atoms with Gasteiger partial charge in [-0.05, 0) is 71.5 Å². The van der Waals surface area contributed by atoms with Crippen LogP contribution in [0.1, 0.15) is 55.6 Å². The van der Waals surface area contributed by atoms with E-state index in [0.29, 0.717) is 56.4 Å². The van der Waals surface area contributed by atoms with Crippen LogP contribution in [-0.2, 0) is 49.1 Å². The van der Waals surface area contributed by atoms with Crippen molar-refractivity contribution < 1.29 is 49.0 Å². The highest BCUT2D eigenvalue weighted by Gasteiger charge is 2.21. The number of aliphatic carboxylic acids is 2. The van der Waals surface area contributed by atoms with Gasteiger partial charge in [0.2, 0.25) is 0 Å². The smallest absolute Gasteiger partial charge is 0.323 e. The Labute approximate surface area is 401 Å². The molecule has 0 amide bonds. The first-order valence-corrected chi connectivity index (χ1v) is 21.7. The molecule has 2 aromatic heterocycles. The molecule has 0 aliphatic carbocycles. The number of ether oxygens (including phenoxy) is 4. The number of hydrogen-bond donors (Lipinski definition) is 6. The summed E-state index contributed by atoms with van der Waals surface area (Å²) in [5.41, 5.74) is 8.56. The van der Waals surface area contributed by atoms with Crippen LogP contribution in [0.3, 0.4) is 0 Å². The van der Waals surface area contributed by atoms with Gasteiger partial charge in [-0.3, -0.25) is 30.2 Å². The fourth-order valence-electron chi connectivity index (χ4n) is 7.00. The van der Waals surface area contributed by atoms with Crippen LogP contribution in [0.15, 0.2) is 97.6 Å². The average Bonchev–Trinajstić information content (AvgIpc) is 3.33. The quantitative estimate of drug-likeness (QED) is 0.0372. The predicted molar refractivity (Wildman–Crippen MR) is 250 cm³/mol. The molecular formula is C50H46Cl2N6O10. The van der Waals surface area contributed by atoms with Crippen molar-refractivity contribution >= 4 is 35.1 Å². The first-order valence-electron chi connectivity index (χ1n) is 21.0. The van der Waals surface area contributed by atoms with E-state index in [0.717, 1.165) is 33.4 Å². The Morgan fingerprint density at radius 1 is 0.588 bits per heavy atom. The molecule has 2 heterocycles. The van der Waals surface area contributed by atoms with Gasteiger partial charge >= 0.3 is 11.9 Å². The molecule has 2 atom stereocenters. The van der Waals surface area contributed by atoms with E-state index in [1.165, 1.54) is 12.4 Å². The van der Waals surface area contributed by atoms with Crippen molar-refractivity contribution in [3.63, 3.8) is 0 Å². The Balaban J connectivity index is 1.20. The molecule has 18 heteroatoms. The topological polar surface area (TPSA) is 249 Å². The van der Waals surface area contributed by atoms with E-state index < -0.39 is 37.2 Å². The second kappa shape index (κ2) is 24.0. The number of carboxylic acids is 2. The van der Waals surface area contributed by atoms with Crippen LogP contribution in [0.4, 0.5) is 0 Å². The number of pyridine rings is 2. The lowest BCUT2D eigenvalue weighted by Crippen LogP contribution is -2.39. The molecule has 0 spiro atoms. The van der Waals surface area contributed by atoms with E-state index in [1.807, 2.05) is 50.2 Å². The predicted octanol–water partition coefficient (Wildman–Crippen LogP) is 7.20. The van der Waals surface area contributed by atoms with Crippen LogP contribution in [0.5, 0.6) is 23.0 Å². The fourth-order valence-corrected chi connectivity index (χ4v) is 7.48. The summed E-state index contributed by atoms with van der Waals surface area (Å²) in [5, 5.41) is 62.8. The maximum absolute atomic E-state index is 11.6. The summed E-state index contributed by atoms with van der Waals surface area (Å²) >= 11 is 13.5. The van der Waals surface area contributed by atoms with Crippen LogP contribution in [0, 0.1) is 36.5 Å².